The molecule has 1 aromatic carbocycles. The number of aryl methyl sites for hydroxylation is 1. The Kier molecular flexibility index (Phi) is 6.10. The van der Waals surface area contributed by atoms with Gasteiger partial charge in [-0.2, -0.15) is 0 Å². The zero-order chi connectivity index (χ0) is 18.7. The predicted molar refractivity (Wildman–Crippen MR) is 99.4 cm³/mol. The number of amides is 1. The Balaban J connectivity index is 1.67. The Bertz CT molecular complexity index is 761. The third-order valence-corrected chi connectivity index (χ3v) is 6.87. The van der Waals surface area contributed by atoms with Gasteiger partial charge < -0.3 is 14.4 Å². The predicted octanol–water partition coefficient (Wildman–Crippen LogP) is 2.22. The van der Waals surface area contributed by atoms with Crippen molar-refractivity contribution in [1.82, 2.24) is 4.90 Å². The Morgan fingerprint density at radius 1 is 1.38 bits per heavy atom. The van der Waals surface area contributed by atoms with E-state index in [1.807, 2.05) is 6.92 Å². The van der Waals surface area contributed by atoms with Crippen LogP contribution in [0.5, 0.6) is 5.75 Å². The monoisotopic (exact) mass is 401 g/mol. The summed E-state index contributed by atoms with van der Waals surface area (Å²) in [7, 11) is -3.08. The molecule has 2 heterocycles. The van der Waals surface area contributed by atoms with E-state index in [1.165, 1.54) is 0 Å². The van der Waals surface area contributed by atoms with Crippen LogP contribution in [0.1, 0.15) is 24.8 Å². The zero-order valence-electron chi connectivity index (χ0n) is 14.8. The highest BCUT2D eigenvalue weighted by Crippen LogP contribution is 2.24. The van der Waals surface area contributed by atoms with Crippen LogP contribution in [0.15, 0.2) is 18.2 Å². The first-order chi connectivity index (χ1) is 12.3. The van der Waals surface area contributed by atoms with Crippen LogP contribution in [0.4, 0.5) is 0 Å². The van der Waals surface area contributed by atoms with E-state index in [1.54, 1.807) is 23.1 Å². The number of carbonyl (C=O) groups excluding carboxylic acids is 1. The summed E-state index contributed by atoms with van der Waals surface area (Å²) >= 11 is 5.94. The van der Waals surface area contributed by atoms with Crippen molar-refractivity contribution in [1.29, 1.82) is 0 Å². The fraction of sp³-hybridized carbons (Fsp3) is 0.611. The molecule has 2 fully saturated rings. The Morgan fingerprint density at radius 2 is 2.19 bits per heavy atom. The average Bonchev–Trinajstić information content (AvgIpc) is 3.20. The number of ether oxygens (including phenoxy) is 2. The van der Waals surface area contributed by atoms with E-state index in [0.29, 0.717) is 30.3 Å². The Morgan fingerprint density at radius 3 is 2.81 bits per heavy atom. The molecule has 8 heteroatoms. The van der Waals surface area contributed by atoms with Crippen molar-refractivity contribution in [2.45, 2.75) is 38.3 Å². The number of sulfone groups is 1. The molecule has 26 heavy (non-hydrogen) atoms. The highest BCUT2D eigenvalue weighted by atomic mass is 35.5. The van der Waals surface area contributed by atoms with Crippen molar-refractivity contribution in [3.8, 4) is 5.75 Å². The minimum Gasteiger partial charge on any atom is -0.483 e. The molecule has 6 nitrogen and oxygen atoms in total. The van der Waals surface area contributed by atoms with Crippen molar-refractivity contribution in [3.63, 3.8) is 0 Å². The first-order valence-electron chi connectivity index (χ1n) is 8.84. The lowest BCUT2D eigenvalue weighted by molar-refractivity contribution is -0.137. The van der Waals surface area contributed by atoms with Gasteiger partial charge in [0.25, 0.3) is 5.91 Å². The topological polar surface area (TPSA) is 72.9 Å². The summed E-state index contributed by atoms with van der Waals surface area (Å²) < 4.78 is 35.0. The van der Waals surface area contributed by atoms with Crippen molar-refractivity contribution in [2.24, 2.45) is 0 Å². The van der Waals surface area contributed by atoms with E-state index < -0.39 is 9.84 Å². The van der Waals surface area contributed by atoms with E-state index in [9.17, 15) is 13.2 Å². The van der Waals surface area contributed by atoms with Gasteiger partial charge in [-0.1, -0.05) is 11.6 Å². The third-order valence-electron chi connectivity index (χ3n) is 4.88. The van der Waals surface area contributed by atoms with Gasteiger partial charge in [-0.25, -0.2) is 8.42 Å². The molecule has 0 N–H and O–H groups in total. The molecule has 2 atom stereocenters. The Hall–Kier alpha value is -1.31. The van der Waals surface area contributed by atoms with Gasteiger partial charge in [-0.05, 0) is 49.9 Å². The van der Waals surface area contributed by atoms with Crippen LogP contribution in [0.3, 0.4) is 0 Å². The molecule has 3 rings (SSSR count). The van der Waals surface area contributed by atoms with Crippen molar-refractivity contribution >= 4 is 27.3 Å². The number of hydrogen-bond donors (Lipinski definition) is 0. The molecular weight excluding hydrogens is 378 g/mol. The number of hydrogen-bond acceptors (Lipinski definition) is 5. The molecule has 2 aliphatic rings. The van der Waals surface area contributed by atoms with Gasteiger partial charge in [-0.3, -0.25) is 4.79 Å². The van der Waals surface area contributed by atoms with E-state index in [2.05, 4.69) is 0 Å². The number of halogens is 1. The van der Waals surface area contributed by atoms with Gasteiger partial charge in [0.1, 0.15) is 5.75 Å². The number of rotatable bonds is 6. The molecule has 0 unspecified atom stereocenters. The number of nitrogens with zero attached hydrogens (tertiary/aromatic N) is 1. The highest BCUT2D eigenvalue weighted by molar-refractivity contribution is 7.91. The first kappa shape index (κ1) is 19.5. The number of carbonyl (C=O) groups is 1. The summed E-state index contributed by atoms with van der Waals surface area (Å²) in [6.07, 6.45) is 2.30. The van der Waals surface area contributed by atoms with E-state index >= 15 is 0 Å². The van der Waals surface area contributed by atoms with Crippen molar-refractivity contribution in [2.75, 3.05) is 31.3 Å². The van der Waals surface area contributed by atoms with Crippen molar-refractivity contribution < 1.29 is 22.7 Å². The van der Waals surface area contributed by atoms with Crippen LogP contribution in [0, 0.1) is 6.92 Å². The standard InChI is InChI=1S/C18H24ClNO5S/c1-13-9-14(19)4-5-17(13)25-11-18(21)20(10-16-3-2-7-24-16)15-6-8-26(22,23)12-15/h4-5,9,15-16H,2-3,6-8,10-12H2,1H3/t15-,16-/m1/s1. The number of benzene rings is 1. The smallest absolute Gasteiger partial charge is 0.260 e. The van der Waals surface area contributed by atoms with Crippen molar-refractivity contribution in [3.05, 3.63) is 28.8 Å². The van der Waals surface area contributed by atoms with Crippen LogP contribution in [0.2, 0.25) is 5.02 Å². The second-order valence-electron chi connectivity index (χ2n) is 6.94. The molecule has 1 aromatic rings. The van der Waals surface area contributed by atoms with Gasteiger partial charge in [0.2, 0.25) is 0 Å². The van der Waals surface area contributed by atoms with Crippen LogP contribution >= 0.6 is 11.6 Å². The van der Waals surface area contributed by atoms with Crippen LogP contribution in [-0.2, 0) is 19.4 Å². The van der Waals surface area contributed by atoms with E-state index in [4.69, 9.17) is 21.1 Å². The molecular formula is C18H24ClNO5S. The summed E-state index contributed by atoms with van der Waals surface area (Å²) in [6.45, 7) is 2.84. The summed E-state index contributed by atoms with van der Waals surface area (Å²) in [5.74, 6) is 0.533. The lowest BCUT2D eigenvalue weighted by atomic mass is 10.1. The molecule has 0 saturated carbocycles. The molecule has 144 valence electrons. The van der Waals surface area contributed by atoms with Gasteiger partial charge in [0.15, 0.2) is 16.4 Å². The minimum atomic E-state index is -3.08. The maximum atomic E-state index is 12.8. The average molecular weight is 402 g/mol. The van der Waals surface area contributed by atoms with E-state index in [-0.39, 0.29) is 36.2 Å². The molecule has 0 radical (unpaired) electrons. The van der Waals surface area contributed by atoms with E-state index in [0.717, 1.165) is 18.4 Å². The van der Waals surface area contributed by atoms with Gasteiger partial charge in [0.05, 0.1) is 17.6 Å². The molecule has 0 aliphatic carbocycles. The van der Waals surface area contributed by atoms with Crippen LogP contribution in [0.25, 0.3) is 0 Å². The quantitative estimate of drug-likeness (QED) is 0.730. The first-order valence-corrected chi connectivity index (χ1v) is 11.0. The maximum absolute atomic E-state index is 12.8. The molecule has 0 aromatic heterocycles. The largest absolute Gasteiger partial charge is 0.483 e. The maximum Gasteiger partial charge on any atom is 0.260 e. The Labute approximate surface area is 159 Å². The molecule has 2 saturated heterocycles. The molecule has 0 spiro atoms. The fourth-order valence-electron chi connectivity index (χ4n) is 3.48. The fourth-order valence-corrected chi connectivity index (χ4v) is 5.44. The SMILES string of the molecule is Cc1cc(Cl)ccc1OCC(=O)N(C[C@H]1CCCO1)[C@@H]1CCS(=O)(=O)C1. The van der Waals surface area contributed by atoms with Gasteiger partial charge >= 0.3 is 0 Å². The van der Waals surface area contributed by atoms with Crippen LogP contribution < -0.4 is 4.74 Å². The summed E-state index contributed by atoms with van der Waals surface area (Å²) in [4.78, 5) is 14.4. The molecule has 2 aliphatic heterocycles. The summed E-state index contributed by atoms with van der Waals surface area (Å²) in [5, 5.41) is 0.609. The van der Waals surface area contributed by atoms with Gasteiger partial charge in [-0.15, -0.1) is 0 Å². The summed E-state index contributed by atoms with van der Waals surface area (Å²) in [5.41, 5.74) is 0.847. The minimum absolute atomic E-state index is 0.0193. The van der Waals surface area contributed by atoms with Crippen LogP contribution in [-0.4, -0.2) is 62.6 Å². The van der Waals surface area contributed by atoms with Gasteiger partial charge in [0, 0.05) is 24.2 Å². The molecule has 0 bridgehead atoms. The third kappa shape index (κ3) is 4.90. The lowest BCUT2D eigenvalue weighted by Crippen LogP contribution is -2.47. The highest BCUT2D eigenvalue weighted by Gasteiger charge is 2.36. The second kappa shape index (κ2) is 8.15. The molecule has 1 amide bonds. The zero-order valence-corrected chi connectivity index (χ0v) is 16.4. The second-order valence-corrected chi connectivity index (χ2v) is 9.60. The summed E-state index contributed by atoms with van der Waals surface area (Å²) in [6, 6.07) is 4.92. The normalized spacial score (nSPS) is 24.5. The lowest BCUT2D eigenvalue weighted by Gasteiger charge is -2.30.